The molecule has 2 saturated heterocycles. The number of hydrogen-bond acceptors (Lipinski definition) is 7. The minimum absolute atomic E-state index is 0.0200. The van der Waals surface area contributed by atoms with E-state index in [1.165, 1.54) is 18.0 Å². The van der Waals surface area contributed by atoms with Gasteiger partial charge in [0.05, 0.1) is 31.2 Å². The van der Waals surface area contributed by atoms with Crippen molar-refractivity contribution in [1.29, 1.82) is 0 Å². The summed E-state index contributed by atoms with van der Waals surface area (Å²) in [5.74, 6) is -2.37. The molecule has 4 heterocycles. The lowest BCUT2D eigenvalue weighted by atomic mass is 9.81. The summed E-state index contributed by atoms with van der Waals surface area (Å²) in [7, 11) is 0. The van der Waals surface area contributed by atoms with Crippen molar-refractivity contribution in [3.63, 3.8) is 0 Å². The van der Waals surface area contributed by atoms with Crippen LogP contribution in [-0.4, -0.2) is 71.1 Å². The molecule has 1 amide bonds. The van der Waals surface area contributed by atoms with Crippen LogP contribution in [0.4, 0.5) is 13.2 Å². The van der Waals surface area contributed by atoms with Crippen molar-refractivity contribution in [3.8, 4) is 0 Å². The molecule has 0 radical (unpaired) electrons. The number of thiophene rings is 1. The first-order valence-corrected chi connectivity index (χ1v) is 10.3. The van der Waals surface area contributed by atoms with Crippen LogP contribution in [0.25, 0.3) is 0 Å². The van der Waals surface area contributed by atoms with Gasteiger partial charge in [0.15, 0.2) is 0 Å². The average Bonchev–Trinajstić information content (AvgIpc) is 3.43. The average molecular weight is 458 g/mol. The summed E-state index contributed by atoms with van der Waals surface area (Å²) in [4.78, 5) is 23.7. The summed E-state index contributed by atoms with van der Waals surface area (Å²) in [6.45, 7) is 5.10. The lowest BCUT2D eigenvalue weighted by Gasteiger charge is -2.27. The van der Waals surface area contributed by atoms with Gasteiger partial charge in [-0.3, -0.25) is 9.69 Å². The predicted octanol–water partition coefficient (Wildman–Crippen LogP) is 2.05. The topological polar surface area (TPSA) is 105 Å². The van der Waals surface area contributed by atoms with Gasteiger partial charge < -0.3 is 15.2 Å². The number of carbonyl (C=O) groups excluding carboxylic acids is 1. The molecule has 31 heavy (non-hydrogen) atoms. The number of aliphatic carboxylic acids is 1. The molecule has 0 spiro atoms. The number of rotatable bonds is 5. The first-order chi connectivity index (χ1) is 14.7. The molecule has 4 rings (SSSR count). The molecule has 2 atom stereocenters. The highest BCUT2D eigenvalue weighted by atomic mass is 32.1. The van der Waals surface area contributed by atoms with Gasteiger partial charge in [-0.15, -0.1) is 0 Å². The third-order valence-corrected chi connectivity index (χ3v) is 6.00. The molecule has 2 N–H and O–H groups in total. The van der Waals surface area contributed by atoms with Crippen LogP contribution < -0.4 is 5.32 Å². The molecule has 2 aliphatic rings. The van der Waals surface area contributed by atoms with Gasteiger partial charge in [0.25, 0.3) is 5.91 Å². The van der Waals surface area contributed by atoms with Gasteiger partial charge in [-0.1, -0.05) is 0 Å². The van der Waals surface area contributed by atoms with E-state index < -0.39 is 12.1 Å². The van der Waals surface area contributed by atoms with E-state index in [9.17, 15) is 18.0 Å². The van der Waals surface area contributed by atoms with E-state index >= 15 is 0 Å². The molecule has 8 nitrogen and oxygen atoms in total. The summed E-state index contributed by atoms with van der Waals surface area (Å²) in [5, 5.41) is 22.0. The molecular weight excluding hydrogens is 437 g/mol. The number of hydrogen-bond donors (Lipinski definition) is 2. The highest BCUT2D eigenvalue weighted by molar-refractivity contribution is 7.07. The van der Waals surface area contributed by atoms with Crippen LogP contribution in [0.2, 0.25) is 0 Å². The number of ether oxygens (including phenoxy) is 1. The molecule has 2 aliphatic heterocycles. The number of aromatic nitrogens is 2. The SMILES string of the molecule is O=C(NC[C@]12COC[C@H]1CN(Cc1ccsc1)C2)c1ccnnc1.O=C(O)C(F)(F)F. The van der Waals surface area contributed by atoms with Crippen molar-refractivity contribution in [1.82, 2.24) is 20.4 Å². The van der Waals surface area contributed by atoms with Crippen molar-refractivity contribution in [2.24, 2.45) is 11.3 Å². The molecule has 12 heteroatoms. The zero-order valence-electron chi connectivity index (χ0n) is 16.3. The normalized spacial score (nSPS) is 23.0. The molecule has 0 saturated carbocycles. The van der Waals surface area contributed by atoms with E-state index in [1.54, 1.807) is 17.4 Å². The van der Waals surface area contributed by atoms with Crippen molar-refractivity contribution < 1.29 is 32.6 Å². The van der Waals surface area contributed by atoms with Gasteiger partial charge in [0.2, 0.25) is 0 Å². The molecule has 0 bridgehead atoms. The summed E-state index contributed by atoms with van der Waals surface area (Å²) in [6.07, 6.45) is -2.06. The molecule has 0 aromatic carbocycles. The Morgan fingerprint density at radius 3 is 2.74 bits per heavy atom. The first kappa shape index (κ1) is 23.1. The Labute approximate surface area is 180 Å². The van der Waals surface area contributed by atoms with Crippen LogP contribution in [0.3, 0.4) is 0 Å². The molecule has 0 unspecified atom stereocenters. The molecular formula is C19H21F3N4O4S. The molecule has 2 aromatic heterocycles. The van der Waals surface area contributed by atoms with Crippen LogP contribution in [0, 0.1) is 11.3 Å². The lowest BCUT2D eigenvalue weighted by Crippen LogP contribution is -2.43. The van der Waals surface area contributed by atoms with Crippen molar-refractivity contribution >= 4 is 23.2 Å². The van der Waals surface area contributed by atoms with Crippen molar-refractivity contribution in [2.45, 2.75) is 12.7 Å². The van der Waals surface area contributed by atoms with Crippen LogP contribution >= 0.6 is 11.3 Å². The number of amides is 1. The van der Waals surface area contributed by atoms with Crippen molar-refractivity contribution in [3.05, 3.63) is 46.4 Å². The number of carboxylic acids is 1. The van der Waals surface area contributed by atoms with Crippen LogP contribution in [0.15, 0.2) is 35.3 Å². The van der Waals surface area contributed by atoms with Gasteiger partial charge in [-0.2, -0.15) is 34.7 Å². The lowest BCUT2D eigenvalue weighted by molar-refractivity contribution is -0.192. The maximum atomic E-state index is 12.3. The predicted molar refractivity (Wildman–Crippen MR) is 104 cm³/mol. The van der Waals surface area contributed by atoms with E-state index in [-0.39, 0.29) is 11.3 Å². The largest absolute Gasteiger partial charge is 0.490 e. The standard InChI is InChI=1S/C17H20N4O2S.C2HF3O2/c22-16(14-1-3-19-20-5-14)18-10-17-11-21(6-13-2-4-24-9-13)7-15(17)8-23-12-17;3-2(4,5)1(6)7/h1-5,9,15H,6-8,10-12H2,(H,18,22);(H,6,7)/t15-,17+;/m1./s1. The maximum Gasteiger partial charge on any atom is 0.490 e. The van der Waals surface area contributed by atoms with Gasteiger partial charge in [0.1, 0.15) is 0 Å². The van der Waals surface area contributed by atoms with Gasteiger partial charge in [-0.25, -0.2) is 4.79 Å². The number of likely N-dealkylation sites (tertiary alicyclic amines) is 1. The number of nitrogens with zero attached hydrogens (tertiary/aromatic N) is 3. The second-order valence-electron chi connectivity index (χ2n) is 7.49. The second kappa shape index (κ2) is 9.71. The van der Waals surface area contributed by atoms with E-state index in [1.807, 2.05) is 0 Å². The Bertz CT molecular complexity index is 882. The molecule has 2 aromatic rings. The Kier molecular flexibility index (Phi) is 7.23. The molecule has 168 valence electrons. The number of carboxylic acid groups (broad SMARTS) is 1. The zero-order valence-corrected chi connectivity index (χ0v) is 17.2. The van der Waals surface area contributed by atoms with E-state index in [0.29, 0.717) is 24.6 Å². The second-order valence-corrected chi connectivity index (χ2v) is 8.27. The van der Waals surface area contributed by atoms with E-state index in [2.05, 4.69) is 37.2 Å². The first-order valence-electron chi connectivity index (χ1n) is 9.36. The Hall–Kier alpha value is -2.57. The zero-order chi connectivity index (χ0) is 22.5. The Morgan fingerprint density at radius 1 is 1.35 bits per heavy atom. The fourth-order valence-electron chi connectivity index (χ4n) is 3.74. The highest BCUT2D eigenvalue weighted by Crippen LogP contribution is 2.41. The van der Waals surface area contributed by atoms with Crippen LogP contribution in [-0.2, 0) is 16.1 Å². The summed E-state index contributed by atoms with van der Waals surface area (Å²) < 4.78 is 37.5. The number of carbonyl (C=O) groups is 2. The molecule has 0 aliphatic carbocycles. The van der Waals surface area contributed by atoms with Crippen LogP contribution in [0.1, 0.15) is 15.9 Å². The third-order valence-electron chi connectivity index (χ3n) is 5.27. The van der Waals surface area contributed by atoms with E-state index in [4.69, 9.17) is 14.6 Å². The Morgan fingerprint density at radius 2 is 2.13 bits per heavy atom. The van der Waals surface area contributed by atoms with Crippen LogP contribution in [0.5, 0.6) is 0 Å². The minimum atomic E-state index is -5.08. The van der Waals surface area contributed by atoms with E-state index in [0.717, 1.165) is 26.2 Å². The third kappa shape index (κ3) is 5.99. The van der Waals surface area contributed by atoms with Crippen molar-refractivity contribution in [2.75, 3.05) is 32.8 Å². The minimum Gasteiger partial charge on any atom is -0.475 e. The van der Waals surface area contributed by atoms with Gasteiger partial charge >= 0.3 is 12.1 Å². The summed E-state index contributed by atoms with van der Waals surface area (Å²) in [5.41, 5.74) is 1.93. The summed E-state index contributed by atoms with van der Waals surface area (Å²) in [6, 6.07) is 3.86. The number of fused-ring (bicyclic) bond motifs is 1. The maximum absolute atomic E-state index is 12.3. The number of alkyl halides is 3. The fourth-order valence-corrected chi connectivity index (χ4v) is 4.40. The number of nitrogens with one attached hydrogen (secondary N) is 1. The smallest absolute Gasteiger partial charge is 0.475 e. The summed E-state index contributed by atoms with van der Waals surface area (Å²) >= 11 is 1.74. The van der Waals surface area contributed by atoms with Gasteiger partial charge in [-0.05, 0) is 28.5 Å². The highest BCUT2D eigenvalue weighted by Gasteiger charge is 2.50. The quantitative estimate of drug-likeness (QED) is 0.707. The Balaban J connectivity index is 0.000000339. The fraction of sp³-hybridized carbons (Fsp3) is 0.474. The van der Waals surface area contributed by atoms with Gasteiger partial charge in [0, 0.05) is 37.5 Å². The monoisotopic (exact) mass is 458 g/mol. The molecule has 2 fully saturated rings. The number of halogens is 3.